The Hall–Kier alpha value is -1.85. The second-order valence-corrected chi connectivity index (χ2v) is 7.08. The van der Waals surface area contributed by atoms with Crippen LogP contribution in [0.4, 0.5) is 5.82 Å². The van der Waals surface area contributed by atoms with E-state index in [1.54, 1.807) is 12.4 Å². The number of rotatable bonds is 7. The summed E-state index contributed by atoms with van der Waals surface area (Å²) in [5.74, 6) is 2.27. The highest BCUT2D eigenvalue weighted by Crippen LogP contribution is 2.29. The van der Waals surface area contributed by atoms with Crippen molar-refractivity contribution in [1.29, 1.82) is 0 Å². The molecule has 25 heavy (non-hydrogen) atoms. The monoisotopic (exact) mass is 346 g/mol. The summed E-state index contributed by atoms with van der Waals surface area (Å²) in [4.78, 5) is 25.4. The van der Waals surface area contributed by atoms with Crippen molar-refractivity contribution in [3.8, 4) is 5.88 Å². The molecule has 1 unspecified atom stereocenters. The summed E-state index contributed by atoms with van der Waals surface area (Å²) in [5.41, 5.74) is 0. The highest BCUT2D eigenvalue weighted by Gasteiger charge is 2.30. The quantitative estimate of drug-likeness (QED) is 0.760. The van der Waals surface area contributed by atoms with Gasteiger partial charge in [-0.1, -0.05) is 12.8 Å². The van der Waals surface area contributed by atoms with Crippen molar-refractivity contribution in [2.75, 3.05) is 31.1 Å². The molecule has 1 aromatic heterocycles. The number of likely N-dealkylation sites (tertiary alicyclic amines) is 1. The van der Waals surface area contributed by atoms with Crippen LogP contribution in [0.2, 0.25) is 0 Å². The van der Waals surface area contributed by atoms with Gasteiger partial charge in [0.2, 0.25) is 5.91 Å². The Morgan fingerprint density at radius 1 is 1.20 bits per heavy atom. The van der Waals surface area contributed by atoms with Crippen LogP contribution in [-0.4, -0.2) is 53.1 Å². The van der Waals surface area contributed by atoms with E-state index in [1.807, 2.05) is 4.90 Å². The van der Waals surface area contributed by atoms with E-state index in [0.29, 0.717) is 30.7 Å². The van der Waals surface area contributed by atoms with Crippen molar-refractivity contribution in [1.82, 2.24) is 14.9 Å². The smallest absolute Gasteiger partial charge is 0.257 e. The van der Waals surface area contributed by atoms with Crippen LogP contribution in [0.25, 0.3) is 0 Å². The SMILES string of the molecule is CCN(CC)c1nccnc1OC1CCN(C(=O)CC2CCCC2)C1. The number of nitrogens with zero attached hydrogens (tertiary/aromatic N) is 4. The van der Waals surface area contributed by atoms with Gasteiger partial charge in [0, 0.05) is 44.9 Å². The Morgan fingerprint density at radius 2 is 1.92 bits per heavy atom. The lowest BCUT2D eigenvalue weighted by molar-refractivity contribution is -0.131. The first-order valence-electron chi connectivity index (χ1n) is 9.71. The lowest BCUT2D eigenvalue weighted by Crippen LogP contribution is -2.32. The third-order valence-corrected chi connectivity index (χ3v) is 5.42. The highest BCUT2D eigenvalue weighted by atomic mass is 16.5. The predicted octanol–water partition coefficient (Wildman–Crippen LogP) is 2.88. The predicted molar refractivity (Wildman–Crippen MR) is 97.8 cm³/mol. The van der Waals surface area contributed by atoms with Crippen LogP contribution < -0.4 is 9.64 Å². The van der Waals surface area contributed by atoms with Crippen LogP contribution in [0, 0.1) is 5.92 Å². The molecule has 1 aliphatic heterocycles. The Balaban J connectivity index is 1.57. The van der Waals surface area contributed by atoms with Crippen molar-refractivity contribution in [2.45, 2.75) is 58.5 Å². The molecule has 0 aromatic carbocycles. The summed E-state index contributed by atoms with van der Waals surface area (Å²) in [6.07, 6.45) is 9.95. The van der Waals surface area contributed by atoms with Gasteiger partial charge in [0.25, 0.3) is 5.88 Å². The number of amides is 1. The van der Waals surface area contributed by atoms with Crippen molar-refractivity contribution in [3.05, 3.63) is 12.4 Å². The van der Waals surface area contributed by atoms with E-state index in [9.17, 15) is 4.79 Å². The minimum Gasteiger partial charge on any atom is -0.470 e. The zero-order chi connectivity index (χ0) is 17.6. The molecular weight excluding hydrogens is 316 g/mol. The fourth-order valence-electron chi connectivity index (χ4n) is 3.94. The van der Waals surface area contributed by atoms with Crippen molar-refractivity contribution in [3.63, 3.8) is 0 Å². The Kier molecular flexibility index (Phi) is 6.10. The van der Waals surface area contributed by atoms with Crippen molar-refractivity contribution >= 4 is 11.7 Å². The summed E-state index contributed by atoms with van der Waals surface area (Å²) in [7, 11) is 0. The summed E-state index contributed by atoms with van der Waals surface area (Å²) < 4.78 is 6.13. The molecule has 1 saturated heterocycles. The molecule has 0 bridgehead atoms. The topological polar surface area (TPSA) is 58.6 Å². The first-order valence-corrected chi connectivity index (χ1v) is 9.71. The maximum absolute atomic E-state index is 12.5. The largest absolute Gasteiger partial charge is 0.470 e. The molecule has 1 amide bonds. The van der Waals surface area contributed by atoms with Crippen LogP contribution in [0.5, 0.6) is 5.88 Å². The van der Waals surface area contributed by atoms with E-state index >= 15 is 0 Å². The van der Waals surface area contributed by atoms with Gasteiger partial charge in [-0.05, 0) is 32.6 Å². The van der Waals surface area contributed by atoms with Gasteiger partial charge in [0.05, 0.1) is 6.54 Å². The Morgan fingerprint density at radius 3 is 2.64 bits per heavy atom. The van der Waals surface area contributed by atoms with E-state index in [2.05, 4.69) is 28.7 Å². The highest BCUT2D eigenvalue weighted by molar-refractivity contribution is 5.76. The van der Waals surface area contributed by atoms with Gasteiger partial charge in [-0.3, -0.25) is 4.79 Å². The summed E-state index contributed by atoms with van der Waals surface area (Å²) in [6, 6.07) is 0. The summed E-state index contributed by atoms with van der Waals surface area (Å²) in [5, 5.41) is 0. The average Bonchev–Trinajstić information content (AvgIpc) is 3.29. The summed E-state index contributed by atoms with van der Waals surface area (Å²) >= 11 is 0. The maximum atomic E-state index is 12.5. The number of ether oxygens (including phenoxy) is 1. The lowest BCUT2D eigenvalue weighted by Gasteiger charge is -2.23. The normalized spacial score (nSPS) is 20.9. The zero-order valence-electron chi connectivity index (χ0n) is 15.5. The van der Waals surface area contributed by atoms with Crippen LogP contribution in [0.1, 0.15) is 52.4 Å². The van der Waals surface area contributed by atoms with E-state index in [-0.39, 0.29) is 6.10 Å². The molecule has 0 N–H and O–H groups in total. The molecule has 1 atom stereocenters. The van der Waals surface area contributed by atoms with Gasteiger partial charge in [-0.25, -0.2) is 9.97 Å². The molecule has 3 rings (SSSR count). The van der Waals surface area contributed by atoms with Crippen molar-refractivity contribution < 1.29 is 9.53 Å². The molecule has 6 nitrogen and oxygen atoms in total. The third kappa shape index (κ3) is 4.41. The minimum absolute atomic E-state index is 0.0125. The minimum atomic E-state index is 0.0125. The van der Waals surface area contributed by atoms with Gasteiger partial charge in [-0.2, -0.15) is 0 Å². The number of anilines is 1. The number of hydrogen-bond acceptors (Lipinski definition) is 5. The molecule has 1 saturated carbocycles. The number of carbonyl (C=O) groups excluding carboxylic acids is 1. The fourth-order valence-corrected chi connectivity index (χ4v) is 3.94. The average molecular weight is 346 g/mol. The van der Waals surface area contributed by atoms with Crippen LogP contribution in [0.15, 0.2) is 12.4 Å². The van der Waals surface area contributed by atoms with Gasteiger partial charge in [0.15, 0.2) is 5.82 Å². The molecular formula is C19H30N4O2. The van der Waals surface area contributed by atoms with E-state index < -0.39 is 0 Å². The van der Waals surface area contributed by atoms with E-state index in [4.69, 9.17) is 4.74 Å². The van der Waals surface area contributed by atoms with Gasteiger partial charge in [0.1, 0.15) is 6.10 Å². The van der Waals surface area contributed by atoms with E-state index in [0.717, 1.165) is 31.9 Å². The molecule has 2 fully saturated rings. The second kappa shape index (κ2) is 8.50. The zero-order valence-corrected chi connectivity index (χ0v) is 15.5. The molecule has 1 aromatic rings. The Labute approximate surface area is 150 Å². The molecule has 0 radical (unpaired) electrons. The number of hydrogen-bond donors (Lipinski definition) is 0. The fraction of sp³-hybridized carbons (Fsp3) is 0.737. The number of aromatic nitrogens is 2. The molecule has 0 spiro atoms. The van der Waals surface area contributed by atoms with Crippen LogP contribution in [0.3, 0.4) is 0 Å². The third-order valence-electron chi connectivity index (χ3n) is 5.42. The molecule has 6 heteroatoms. The number of carbonyl (C=O) groups is 1. The summed E-state index contributed by atoms with van der Waals surface area (Å²) in [6.45, 7) is 7.38. The van der Waals surface area contributed by atoms with E-state index in [1.165, 1.54) is 25.7 Å². The second-order valence-electron chi connectivity index (χ2n) is 7.08. The van der Waals surface area contributed by atoms with Gasteiger partial charge < -0.3 is 14.5 Å². The maximum Gasteiger partial charge on any atom is 0.257 e. The molecule has 2 aliphatic rings. The van der Waals surface area contributed by atoms with Crippen LogP contribution in [-0.2, 0) is 4.79 Å². The van der Waals surface area contributed by atoms with Crippen molar-refractivity contribution in [2.24, 2.45) is 5.92 Å². The standard InChI is InChI=1S/C19H30N4O2/c1-3-22(4-2)18-19(21-11-10-20-18)25-16-9-12-23(14-16)17(24)13-15-7-5-6-8-15/h10-11,15-16H,3-9,12-14H2,1-2H3. The lowest BCUT2D eigenvalue weighted by atomic mass is 10.0. The molecule has 138 valence electrons. The first-order chi connectivity index (χ1) is 12.2. The molecule has 2 heterocycles. The first kappa shape index (κ1) is 18.0. The molecule has 1 aliphatic carbocycles. The van der Waals surface area contributed by atoms with Gasteiger partial charge in [-0.15, -0.1) is 0 Å². The van der Waals surface area contributed by atoms with Crippen LogP contribution >= 0.6 is 0 Å². The Bertz CT molecular complexity index is 570. The van der Waals surface area contributed by atoms with Gasteiger partial charge >= 0.3 is 0 Å².